The summed E-state index contributed by atoms with van der Waals surface area (Å²) in [6, 6.07) is 13.4. The van der Waals surface area contributed by atoms with E-state index >= 15 is 0 Å². The molecule has 22 heavy (non-hydrogen) atoms. The van der Waals surface area contributed by atoms with Gasteiger partial charge in [0.15, 0.2) is 0 Å². The van der Waals surface area contributed by atoms with Gasteiger partial charge in [0, 0.05) is 16.5 Å². The summed E-state index contributed by atoms with van der Waals surface area (Å²) in [4.78, 5) is 15.1. The standard InChI is InChI=1S/C17H14FNO3/c1-21-16-7-6-13(18)8-12(16)10-22-17(20)15-9-11-4-2-3-5-14(11)19-15/h2-9,19H,10H2,1H3. The second kappa shape index (κ2) is 5.89. The fourth-order valence-electron chi connectivity index (χ4n) is 2.26. The number of rotatable bonds is 4. The van der Waals surface area contributed by atoms with Crippen molar-refractivity contribution in [2.75, 3.05) is 7.11 Å². The summed E-state index contributed by atoms with van der Waals surface area (Å²) in [5.41, 5.74) is 1.70. The van der Waals surface area contributed by atoms with Crippen LogP contribution in [0.5, 0.6) is 5.75 Å². The van der Waals surface area contributed by atoms with Gasteiger partial charge in [0.05, 0.1) is 7.11 Å². The van der Waals surface area contributed by atoms with Gasteiger partial charge in [0.25, 0.3) is 0 Å². The molecule has 3 rings (SSSR count). The fraction of sp³-hybridized carbons (Fsp3) is 0.118. The third-order valence-corrected chi connectivity index (χ3v) is 3.35. The topological polar surface area (TPSA) is 51.3 Å². The monoisotopic (exact) mass is 299 g/mol. The van der Waals surface area contributed by atoms with Crippen molar-refractivity contribution in [3.63, 3.8) is 0 Å². The Hall–Kier alpha value is -2.82. The average Bonchev–Trinajstić information content (AvgIpc) is 2.97. The number of halogens is 1. The fourth-order valence-corrected chi connectivity index (χ4v) is 2.26. The maximum absolute atomic E-state index is 13.3. The number of fused-ring (bicyclic) bond motifs is 1. The Labute approximate surface area is 126 Å². The van der Waals surface area contributed by atoms with Crippen molar-refractivity contribution in [1.82, 2.24) is 4.98 Å². The van der Waals surface area contributed by atoms with E-state index in [4.69, 9.17) is 9.47 Å². The molecule has 1 heterocycles. The first-order valence-corrected chi connectivity index (χ1v) is 6.74. The highest BCUT2D eigenvalue weighted by atomic mass is 19.1. The van der Waals surface area contributed by atoms with E-state index in [2.05, 4.69) is 4.98 Å². The molecule has 0 saturated heterocycles. The van der Waals surface area contributed by atoms with Gasteiger partial charge < -0.3 is 14.5 Å². The highest BCUT2D eigenvalue weighted by Crippen LogP contribution is 2.21. The molecule has 0 radical (unpaired) electrons. The van der Waals surface area contributed by atoms with Gasteiger partial charge in [0.2, 0.25) is 0 Å². The molecule has 0 aliphatic carbocycles. The zero-order valence-electron chi connectivity index (χ0n) is 11.9. The molecule has 0 unspecified atom stereocenters. The first-order chi connectivity index (χ1) is 10.7. The largest absolute Gasteiger partial charge is 0.496 e. The summed E-state index contributed by atoms with van der Waals surface area (Å²) >= 11 is 0. The van der Waals surface area contributed by atoms with Crippen molar-refractivity contribution in [3.05, 3.63) is 65.6 Å². The van der Waals surface area contributed by atoms with E-state index in [-0.39, 0.29) is 6.61 Å². The maximum Gasteiger partial charge on any atom is 0.355 e. The Morgan fingerprint density at radius 3 is 2.77 bits per heavy atom. The van der Waals surface area contributed by atoms with Crippen molar-refractivity contribution in [2.45, 2.75) is 6.61 Å². The number of methoxy groups -OCH3 is 1. The number of carbonyl (C=O) groups excluding carboxylic acids is 1. The highest BCUT2D eigenvalue weighted by Gasteiger charge is 2.13. The number of benzene rings is 2. The lowest BCUT2D eigenvalue weighted by molar-refractivity contribution is 0.0464. The summed E-state index contributed by atoms with van der Waals surface area (Å²) in [6.07, 6.45) is 0. The molecule has 0 aliphatic heterocycles. The second-order valence-electron chi connectivity index (χ2n) is 4.80. The van der Waals surface area contributed by atoms with E-state index in [0.717, 1.165) is 10.9 Å². The van der Waals surface area contributed by atoms with Crippen LogP contribution in [-0.4, -0.2) is 18.1 Å². The number of carbonyl (C=O) groups is 1. The summed E-state index contributed by atoms with van der Waals surface area (Å²) in [5, 5.41) is 0.929. The number of nitrogens with one attached hydrogen (secondary N) is 1. The van der Waals surface area contributed by atoms with Crippen molar-refractivity contribution < 1.29 is 18.7 Å². The van der Waals surface area contributed by atoms with Gasteiger partial charge in [-0.2, -0.15) is 0 Å². The van der Waals surface area contributed by atoms with Crippen molar-refractivity contribution in [3.8, 4) is 5.75 Å². The number of ether oxygens (including phenoxy) is 2. The van der Waals surface area contributed by atoms with Gasteiger partial charge in [0.1, 0.15) is 23.9 Å². The molecule has 0 aliphatic rings. The van der Waals surface area contributed by atoms with E-state index in [1.807, 2.05) is 24.3 Å². The van der Waals surface area contributed by atoms with Gasteiger partial charge in [-0.05, 0) is 30.3 Å². The number of hydrogen-bond donors (Lipinski definition) is 1. The van der Waals surface area contributed by atoms with Crippen LogP contribution in [0.2, 0.25) is 0 Å². The smallest absolute Gasteiger partial charge is 0.355 e. The van der Waals surface area contributed by atoms with Crippen LogP contribution in [-0.2, 0) is 11.3 Å². The molecule has 0 saturated carbocycles. The van der Waals surface area contributed by atoms with Crippen LogP contribution in [0.4, 0.5) is 4.39 Å². The first-order valence-electron chi connectivity index (χ1n) is 6.74. The van der Waals surface area contributed by atoms with Gasteiger partial charge >= 0.3 is 5.97 Å². The van der Waals surface area contributed by atoms with E-state index in [1.165, 1.54) is 25.3 Å². The van der Waals surface area contributed by atoms with Crippen LogP contribution in [0.3, 0.4) is 0 Å². The number of aromatic nitrogens is 1. The second-order valence-corrected chi connectivity index (χ2v) is 4.80. The molecule has 112 valence electrons. The molecular formula is C17H14FNO3. The zero-order valence-corrected chi connectivity index (χ0v) is 11.9. The lowest BCUT2D eigenvalue weighted by Crippen LogP contribution is -2.06. The number of H-pyrrole nitrogens is 1. The van der Waals surface area contributed by atoms with Crippen LogP contribution >= 0.6 is 0 Å². The molecule has 0 amide bonds. The Morgan fingerprint density at radius 1 is 1.18 bits per heavy atom. The SMILES string of the molecule is COc1ccc(F)cc1COC(=O)c1cc2ccccc2[nH]1. The van der Waals surface area contributed by atoms with E-state index in [1.54, 1.807) is 6.07 Å². The maximum atomic E-state index is 13.3. The van der Waals surface area contributed by atoms with E-state index in [9.17, 15) is 9.18 Å². The van der Waals surface area contributed by atoms with Crippen LogP contribution in [0.15, 0.2) is 48.5 Å². The molecule has 5 heteroatoms. The number of esters is 1. The van der Waals surface area contributed by atoms with Crippen LogP contribution in [0, 0.1) is 5.82 Å². The molecule has 0 spiro atoms. The summed E-state index contributed by atoms with van der Waals surface area (Å²) in [6.45, 7) is -0.0604. The quantitative estimate of drug-likeness (QED) is 0.748. The van der Waals surface area contributed by atoms with Crippen molar-refractivity contribution >= 4 is 16.9 Å². The third-order valence-electron chi connectivity index (χ3n) is 3.35. The Balaban J connectivity index is 1.76. The van der Waals surface area contributed by atoms with Crippen molar-refractivity contribution in [2.24, 2.45) is 0 Å². The van der Waals surface area contributed by atoms with E-state index in [0.29, 0.717) is 17.0 Å². The molecule has 1 N–H and O–H groups in total. The summed E-state index contributed by atoms with van der Waals surface area (Å²) < 4.78 is 23.6. The predicted octanol–water partition coefficient (Wildman–Crippen LogP) is 3.67. The molecule has 1 aromatic heterocycles. The molecule has 0 atom stereocenters. The minimum Gasteiger partial charge on any atom is -0.496 e. The highest BCUT2D eigenvalue weighted by molar-refractivity contribution is 5.94. The predicted molar refractivity (Wildman–Crippen MR) is 80.4 cm³/mol. The minimum absolute atomic E-state index is 0.0604. The summed E-state index contributed by atoms with van der Waals surface area (Å²) in [7, 11) is 1.48. The third kappa shape index (κ3) is 2.79. The van der Waals surface area contributed by atoms with Gasteiger partial charge in [-0.1, -0.05) is 18.2 Å². The van der Waals surface area contributed by atoms with Crippen molar-refractivity contribution in [1.29, 1.82) is 0 Å². The Bertz CT molecular complexity index is 793. The average molecular weight is 299 g/mol. The lowest BCUT2D eigenvalue weighted by atomic mass is 10.2. The van der Waals surface area contributed by atoms with Crippen LogP contribution < -0.4 is 4.74 Å². The minimum atomic E-state index is -0.498. The number of hydrogen-bond acceptors (Lipinski definition) is 3. The lowest BCUT2D eigenvalue weighted by Gasteiger charge is -2.08. The van der Waals surface area contributed by atoms with Gasteiger partial charge in [-0.25, -0.2) is 9.18 Å². The van der Waals surface area contributed by atoms with Crippen LogP contribution in [0.25, 0.3) is 10.9 Å². The zero-order chi connectivity index (χ0) is 15.5. The molecule has 0 fully saturated rings. The summed E-state index contributed by atoms with van der Waals surface area (Å²) in [5.74, 6) is -0.425. The van der Waals surface area contributed by atoms with Gasteiger partial charge in [-0.3, -0.25) is 0 Å². The molecule has 0 bridgehead atoms. The van der Waals surface area contributed by atoms with Crippen LogP contribution in [0.1, 0.15) is 16.1 Å². The van der Waals surface area contributed by atoms with Gasteiger partial charge in [-0.15, -0.1) is 0 Å². The molecule has 4 nitrogen and oxygen atoms in total. The Kier molecular flexibility index (Phi) is 3.78. The first kappa shape index (κ1) is 14.1. The Morgan fingerprint density at radius 2 is 2.00 bits per heavy atom. The van der Waals surface area contributed by atoms with E-state index < -0.39 is 11.8 Å². The molecule has 3 aromatic rings. The number of aromatic amines is 1. The normalized spacial score (nSPS) is 10.6. The number of para-hydroxylation sites is 1. The molecule has 2 aromatic carbocycles. The molecular weight excluding hydrogens is 285 g/mol.